The molecule has 1 aromatic carbocycles. The highest BCUT2D eigenvalue weighted by Crippen LogP contribution is 2.36. The van der Waals surface area contributed by atoms with Crippen LogP contribution >= 0.6 is 23.2 Å². The molecule has 1 N–H and O–H groups in total. The predicted molar refractivity (Wildman–Crippen MR) is 79.0 cm³/mol. The molecule has 2 rings (SSSR count). The van der Waals surface area contributed by atoms with E-state index in [2.05, 4.69) is 5.32 Å². The van der Waals surface area contributed by atoms with Gasteiger partial charge in [-0.1, -0.05) is 23.2 Å². The van der Waals surface area contributed by atoms with Crippen LogP contribution in [0.15, 0.2) is 12.1 Å². The number of nitrogens with one attached hydrogen (secondary N) is 1. The lowest BCUT2D eigenvalue weighted by atomic mass is 10.2. The van der Waals surface area contributed by atoms with E-state index in [0.29, 0.717) is 37.0 Å². The van der Waals surface area contributed by atoms with Crippen LogP contribution in [0.1, 0.15) is 0 Å². The Morgan fingerprint density at radius 3 is 2.85 bits per heavy atom. The highest BCUT2D eigenvalue weighted by molar-refractivity contribution is 6.42. The van der Waals surface area contributed by atoms with E-state index >= 15 is 0 Å². The summed E-state index contributed by atoms with van der Waals surface area (Å²) in [7, 11) is 1.84. The van der Waals surface area contributed by atoms with Crippen LogP contribution in [0.5, 0.6) is 0 Å². The second-order valence-corrected chi connectivity index (χ2v) is 5.32. The van der Waals surface area contributed by atoms with Gasteiger partial charge in [0.25, 0.3) is 5.69 Å². The number of morpholine rings is 1. The van der Waals surface area contributed by atoms with E-state index < -0.39 is 4.92 Å². The predicted octanol–water partition coefficient (Wildman–Crippen LogP) is 2.33. The van der Waals surface area contributed by atoms with Crippen molar-refractivity contribution in [1.82, 2.24) is 5.32 Å². The number of ether oxygens (including phenoxy) is 1. The Morgan fingerprint density at radius 2 is 2.20 bits per heavy atom. The Hall–Kier alpha value is -1.08. The average Bonchev–Trinajstić information content (AvgIpc) is 2.42. The molecule has 1 unspecified atom stereocenters. The third-order valence-corrected chi connectivity index (χ3v) is 3.85. The van der Waals surface area contributed by atoms with Gasteiger partial charge in [-0.15, -0.1) is 0 Å². The fourth-order valence-electron chi connectivity index (χ4n) is 2.21. The van der Waals surface area contributed by atoms with Crippen LogP contribution in [-0.4, -0.2) is 44.3 Å². The molecule has 1 saturated heterocycles. The summed E-state index contributed by atoms with van der Waals surface area (Å²) in [5.41, 5.74) is 0.443. The van der Waals surface area contributed by atoms with Crippen molar-refractivity contribution in [3.8, 4) is 0 Å². The van der Waals surface area contributed by atoms with Gasteiger partial charge in [0, 0.05) is 25.7 Å². The van der Waals surface area contributed by atoms with E-state index in [1.165, 1.54) is 6.07 Å². The van der Waals surface area contributed by atoms with Gasteiger partial charge in [0.15, 0.2) is 0 Å². The highest BCUT2D eigenvalue weighted by Gasteiger charge is 2.27. The van der Waals surface area contributed by atoms with E-state index in [-0.39, 0.29) is 16.8 Å². The fourth-order valence-corrected chi connectivity index (χ4v) is 2.53. The van der Waals surface area contributed by atoms with Gasteiger partial charge in [0.2, 0.25) is 0 Å². The van der Waals surface area contributed by atoms with Gasteiger partial charge in [-0.3, -0.25) is 10.1 Å². The minimum absolute atomic E-state index is 0.0113. The van der Waals surface area contributed by atoms with Crippen molar-refractivity contribution in [2.24, 2.45) is 0 Å². The first kappa shape index (κ1) is 15.3. The summed E-state index contributed by atoms with van der Waals surface area (Å²) in [5.74, 6) is 0. The maximum atomic E-state index is 11.2. The van der Waals surface area contributed by atoms with E-state index in [1.807, 2.05) is 11.9 Å². The highest BCUT2D eigenvalue weighted by atomic mass is 35.5. The van der Waals surface area contributed by atoms with E-state index in [9.17, 15) is 10.1 Å². The van der Waals surface area contributed by atoms with Crippen molar-refractivity contribution in [3.05, 3.63) is 32.3 Å². The van der Waals surface area contributed by atoms with E-state index in [0.717, 1.165) is 0 Å². The molecular weight excluding hydrogens is 305 g/mol. The van der Waals surface area contributed by atoms with Gasteiger partial charge >= 0.3 is 0 Å². The molecular formula is C12H15Cl2N3O3. The smallest absolute Gasteiger partial charge is 0.294 e. The van der Waals surface area contributed by atoms with Gasteiger partial charge in [-0.25, -0.2) is 0 Å². The van der Waals surface area contributed by atoms with Gasteiger partial charge in [0.1, 0.15) is 5.69 Å². The first-order valence-electron chi connectivity index (χ1n) is 6.17. The summed E-state index contributed by atoms with van der Waals surface area (Å²) in [6.07, 6.45) is -0.0113. The maximum absolute atomic E-state index is 11.2. The van der Waals surface area contributed by atoms with E-state index in [4.69, 9.17) is 27.9 Å². The summed E-state index contributed by atoms with van der Waals surface area (Å²) in [6.45, 7) is 2.36. The molecule has 0 spiro atoms. The zero-order chi connectivity index (χ0) is 14.7. The Labute approximate surface area is 126 Å². The van der Waals surface area contributed by atoms with Crippen molar-refractivity contribution >= 4 is 34.6 Å². The van der Waals surface area contributed by atoms with Gasteiger partial charge in [0.05, 0.1) is 27.7 Å². The number of nitro benzene ring substituents is 1. The number of nitro groups is 1. The summed E-state index contributed by atoms with van der Waals surface area (Å²) in [4.78, 5) is 12.6. The Bertz CT molecular complexity index is 511. The molecule has 0 radical (unpaired) electrons. The number of likely N-dealkylation sites (N-methyl/N-ethyl adjacent to an activating group) is 1. The normalized spacial score (nSPS) is 19.1. The van der Waals surface area contributed by atoms with Gasteiger partial charge < -0.3 is 15.0 Å². The molecule has 0 amide bonds. The number of hydrogen-bond acceptors (Lipinski definition) is 5. The lowest BCUT2D eigenvalue weighted by Gasteiger charge is -2.34. The Balaban J connectivity index is 2.31. The summed E-state index contributed by atoms with van der Waals surface area (Å²) in [5, 5.41) is 14.7. The SMILES string of the molecule is CNCC1CN(c2cc(Cl)c(Cl)cc2[N+](=O)[O-])CCO1. The Morgan fingerprint density at radius 1 is 1.50 bits per heavy atom. The minimum Gasteiger partial charge on any atom is -0.373 e. The van der Waals surface area contributed by atoms with Crippen LogP contribution in [0.4, 0.5) is 11.4 Å². The fraction of sp³-hybridized carbons (Fsp3) is 0.500. The lowest BCUT2D eigenvalue weighted by molar-refractivity contribution is -0.384. The van der Waals surface area contributed by atoms with Gasteiger partial charge in [-0.2, -0.15) is 0 Å². The van der Waals surface area contributed by atoms with Crippen LogP contribution in [0.2, 0.25) is 10.0 Å². The van der Waals surface area contributed by atoms with Crippen LogP contribution in [0.3, 0.4) is 0 Å². The standard InChI is InChI=1S/C12H15Cl2N3O3/c1-15-6-8-7-16(2-3-20-8)11-4-9(13)10(14)5-12(11)17(18)19/h4-5,8,15H,2-3,6-7H2,1H3. The molecule has 0 saturated carbocycles. The molecule has 20 heavy (non-hydrogen) atoms. The molecule has 1 atom stereocenters. The van der Waals surface area contributed by atoms with Crippen LogP contribution in [0.25, 0.3) is 0 Å². The average molecular weight is 320 g/mol. The van der Waals surface area contributed by atoms with Crippen molar-refractivity contribution < 1.29 is 9.66 Å². The molecule has 1 heterocycles. The number of rotatable bonds is 4. The number of anilines is 1. The topological polar surface area (TPSA) is 67.6 Å². The largest absolute Gasteiger partial charge is 0.373 e. The second kappa shape index (κ2) is 6.58. The molecule has 110 valence electrons. The molecule has 8 heteroatoms. The molecule has 1 fully saturated rings. The molecule has 1 aliphatic heterocycles. The Kier molecular flexibility index (Phi) is 5.04. The van der Waals surface area contributed by atoms with Crippen LogP contribution < -0.4 is 10.2 Å². The number of hydrogen-bond donors (Lipinski definition) is 1. The van der Waals surface area contributed by atoms with Crippen LogP contribution in [0, 0.1) is 10.1 Å². The molecule has 6 nitrogen and oxygen atoms in total. The van der Waals surface area contributed by atoms with Crippen molar-refractivity contribution in [1.29, 1.82) is 0 Å². The zero-order valence-electron chi connectivity index (χ0n) is 10.9. The molecule has 0 aromatic heterocycles. The maximum Gasteiger partial charge on any atom is 0.294 e. The summed E-state index contributed by atoms with van der Waals surface area (Å²) < 4.78 is 5.59. The van der Waals surface area contributed by atoms with Gasteiger partial charge in [-0.05, 0) is 13.1 Å². The summed E-state index contributed by atoms with van der Waals surface area (Å²) in [6, 6.07) is 2.84. The van der Waals surface area contributed by atoms with E-state index in [1.54, 1.807) is 6.07 Å². The second-order valence-electron chi connectivity index (χ2n) is 4.51. The first-order chi connectivity index (χ1) is 9.52. The number of benzene rings is 1. The molecule has 1 aromatic rings. The van der Waals surface area contributed by atoms with Crippen LogP contribution in [-0.2, 0) is 4.74 Å². The third kappa shape index (κ3) is 3.32. The van der Waals surface area contributed by atoms with Crippen molar-refractivity contribution in [3.63, 3.8) is 0 Å². The van der Waals surface area contributed by atoms with Crippen molar-refractivity contribution in [2.45, 2.75) is 6.10 Å². The number of nitrogens with zero attached hydrogens (tertiary/aromatic N) is 2. The monoisotopic (exact) mass is 319 g/mol. The number of halogens is 2. The minimum atomic E-state index is -0.444. The molecule has 1 aliphatic rings. The third-order valence-electron chi connectivity index (χ3n) is 3.13. The quantitative estimate of drug-likeness (QED) is 0.681. The molecule has 0 aliphatic carbocycles. The lowest BCUT2D eigenvalue weighted by Crippen LogP contribution is -2.46. The summed E-state index contributed by atoms with van der Waals surface area (Å²) >= 11 is 11.8. The zero-order valence-corrected chi connectivity index (χ0v) is 12.4. The first-order valence-corrected chi connectivity index (χ1v) is 6.93. The molecule has 0 bridgehead atoms. The van der Waals surface area contributed by atoms with Crippen molar-refractivity contribution in [2.75, 3.05) is 38.2 Å².